The van der Waals surface area contributed by atoms with Crippen molar-refractivity contribution < 1.29 is 28.1 Å². The molecule has 0 aliphatic rings. The smallest absolute Gasteiger partial charge is 0.338 e. The van der Waals surface area contributed by atoms with Crippen molar-refractivity contribution in [1.82, 2.24) is 4.67 Å². The van der Waals surface area contributed by atoms with Gasteiger partial charge in [0.05, 0.1) is 36.8 Å². The van der Waals surface area contributed by atoms with E-state index in [1.807, 2.05) is 12.1 Å². The van der Waals surface area contributed by atoms with Gasteiger partial charge in [0.1, 0.15) is 12.7 Å². The molecule has 1 unspecified atom stereocenters. The second-order valence-corrected chi connectivity index (χ2v) is 10.3. The minimum Gasteiger partial charge on any atom is -0.458 e. The molecule has 0 radical (unpaired) electrons. The summed E-state index contributed by atoms with van der Waals surface area (Å²) >= 11 is 0. The van der Waals surface area contributed by atoms with Crippen LogP contribution in [0.3, 0.4) is 0 Å². The van der Waals surface area contributed by atoms with Crippen molar-refractivity contribution in [2.24, 2.45) is 0 Å². The zero-order valence-electron chi connectivity index (χ0n) is 22.0. The van der Waals surface area contributed by atoms with Crippen LogP contribution in [-0.2, 0) is 18.5 Å². The number of esters is 2. The minimum atomic E-state index is -1.36. The fraction of sp³-hybridized carbons (Fsp3) is 0.464. The molecule has 2 atom stereocenters. The van der Waals surface area contributed by atoms with Crippen LogP contribution in [0.5, 0.6) is 0 Å². The lowest BCUT2D eigenvalue weighted by Crippen LogP contribution is -2.33. The Morgan fingerprint density at radius 1 is 0.865 bits per heavy atom. The molecule has 8 nitrogen and oxygen atoms in total. The van der Waals surface area contributed by atoms with Crippen LogP contribution in [0, 0.1) is 11.3 Å². The zero-order chi connectivity index (χ0) is 27.0. The molecular formula is C28H37N2O6P. The first-order valence-electron chi connectivity index (χ1n) is 12.5. The summed E-state index contributed by atoms with van der Waals surface area (Å²) in [5.74, 6) is -0.952. The van der Waals surface area contributed by atoms with E-state index in [9.17, 15) is 9.59 Å². The highest BCUT2D eigenvalue weighted by Crippen LogP contribution is 2.46. The summed E-state index contributed by atoms with van der Waals surface area (Å²) in [7, 11) is -1.36. The molecule has 2 aromatic rings. The molecule has 0 aliphatic carbocycles. The Morgan fingerprint density at radius 3 is 1.95 bits per heavy atom. The molecule has 0 spiro atoms. The Balaban J connectivity index is 1.99. The van der Waals surface area contributed by atoms with Crippen molar-refractivity contribution in [3.05, 3.63) is 71.8 Å². The lowest BCUT2D eigenvalue weighted by molar-refractivity contribution is -0.00421. The molecule has 0 heterocycles. The first-order valence-corrected chi connectivity index (χ1v) is 13.7. The molecule has 0 saturated carbocycles. The standard InChI is InChI=1S/C28H37N2O6P/c1-22(2)30(23(3)4)37(35-20-12-18-29)34-19-11-17-26(36-28(32)25-15-9-6-10-16-25)21-33-27(31)24-13-7-5-8-14-24/h5-10,13-16,22-23,26H,11-12,17,19-21H2,1-4H3/t26-,37?/m0/s1. The van der Waals surface area contributed by atoms with Gasteiger partial charge in [-0.1, -0.05) is 36.4 Å². The zero-order valence-corrected chi connectivity index (χ0v) is 22.9. The van der Waals surface area contributed by atoms with E-state index in [4.69, 9.17) is 23.8 Å². The average molecular weight is 529 g/mol. The van der Waals surface area contributed by atoms with Gasteiger partial charge in [0.2, 0.25) is 0 Å². The van der Waals surface area contributed by atoms with Crippen molar-refractivity contribution in [1.29, 1.82) is 5.26 Å². The van der Waals surface area contributed by atoms with E-state index in [-0.39, 0.29) is 25.1 Å². The molecule has 37 heavy (non-hydrogen) atoms. The molecule has 0 bridgehead atoms. The van der Waals surface area contributed by atoms with Crippen LogP contribution in [0.25, 0.3) is 0 Å². The molecule has 0 amide bonds. The van der Waals surface area contributed by atoms with Gasteiger partial charge in [-0.05, 0) is 64.8 Å². The van der Waals surface area contributed by atoms with E-state index in [1.165, 1.54) is 0 Å². The molecule has 0 N–H and O–H groups in total. The highest BCUT2D eigenvalue weighted by atomic mass is 31.2. The van der Waals surface area contributed by atoms with Gasteiger partial charge in [-0.2, -0.15) is 5.26 Å². The largest absolute Gasteiger partial charge is 0.458 e. The molecule has 200 valence electrons. The van der Waals surface area contributed by atoms with Crippen molar-refractivity contribution in [3.63, 3.8) is 0 Å². The second kappa shape index (κ2) is 16.8. The van der Waals surface area contributed by atoms with Crippen LogP contribution in [-0.4, -0.2) is 54.6 Å². The van der Waals surface area contributed by atoms with Crippen LogP contribution in [0.1, 0.15) is 67.7 Å². The molecule has 2 rings (SSSR count). The van der Waals surface area contributed by atoms with Gasteiger partial charge in [-0.15, -0.1) is 0 Å². The van der Waals surface area contributed by atoms with Crippen molar-refractivity contribution >= 4 is 20.5 Å². The van der Waals surface area contributed by atoms with Gasteiger partial charge < -0.3 is 18.5 Å². The molecule has 0 saturated heterocycles. The maximum Gasteiger partial charge on any atom is 0.338 e. The lowest BCUT2D eigenvalue weighted by atomic mass is 10.2. The SMILES string of the molecule is CC(C)N(C(C)C)P(OCCC#N)OCCC[C@@H](COC(=O)c1ccccc1)OC(=O)c1ccccc1. The van der Waals surface area contributed by atoms with E-state index in [0.717, 1.165) is 0 Å². The first kappa shape index (κ1) is 30.4. The number of rotatable bonds is 16. The van der Waals surface area contributed by atoms with Crippen LogP contribution < -0.4 is 0 Å². The third-order valence-corrected chi connectivity index (χ3v) is 7.34. The van der Waals surface area contributed by atoms with Crippen molar-refractivity contribution in [3.8, 4) is 6.07 Å². The highest BCUT2D eigenvalue weighted by molar-refractivity contribution is 7.44. The second-order valence-electron chi connectivity index (χ2n) is 8.88. The van der Waals surface area contributed by atoms with Crippen LogP contribution in [0.4, 0.5) is 0 Å². The fourth-order valence-corrected chi connectivity index (χ4v) is 5.19. The number of carbonyl (C=O) groups is 2. The van der Waals surface area contributed by atoms with Crippen LogP contribution >= 0.6 is 8.53 Å². The number of benzene rings is 2. The summed E-state index contributed by atoms with van der Waals surface area (Å²) < 4.78 is 25.3. The van der Waals surface area contributed by atoms with Crippen molar-refractivity contribution in [2.75, 3.05) is 19.8 Å². The Labute approximate surface area is 221 Å². The summed E-state index contributed by atoms with van der Waals surface area (Å²) in [4.78, 5) is 25.1. The maximum atomic E-state index is 12.7. The maximum absolute atomic E-state index is 12.7. The summed E-state index contributed by atoms with van der Waals surface area (Å²) in [5.41, 5.74) is 0.860. The Hall–Kier alpha value is -2.82. The number of hydrogen-bond donors (Lipinski definition) is 0. The Bertz CT molecular complexity index is 973. The van der Waals surface area contributed by atoms with E-state index in [1.54, 1.807) is 48.5 Å². The predicted molar refractivity (Wildman–Crippen MR) is 143 cm³/mol. The summed E-state index contributed by atoms with van der Waals surface area (Å²) in [6, 6.07) is 19.9. The average Bonchev–Trinajstić information content (AvgIpc) is 2.89. The third-order valence-electron chi connectivity index (χ3n) is 5.23. The fourth-order valence-electron chi connectivity index (χ4n) is 3.56. The molecule has 2 aromatic carbocycles. The summed E-state index contributed by atoms with van der Waals surface area (Å²) in [6.07, 6.45) is 0.642. The van der Waals surface area contributed by atoms with E-state index in [2.05, 4.69) is 38.4 Å². The van der Waals surface area contributed by atoms with Gasteiger partial charge >= 0.3 is 11.9 Å². The monoisotopic (exact) mass is 528 g/mol. The normalized spacial score (nSPS) is 12.8. The predicted octanol–water partition coefficient (Wildman–Crippen LogP) is 6.14. The van der Waals surface area contributed by atoms with Crippen LogP contribution in [0.2, 0.25) is 0 Å². The molecule has 9 heteroatoms. The summed E-state index contributed by atoms with van der Waals surface area (Å²) in [5, 5.41) is 8.87. The molecule has 0 aromatic heterocycles. The molecular weight excluding hydrogens is 491 g/mol. The quantitative estimate of drug-likeness (QED) is 0.146. The van der Waals surface area contributed by atoms with Gasteiger partial charge in [0.15, 0.2) is 0 Å². The number of carbonyl (C=O) groups excluding carboxylic acids is 2. The molecule has 0 fully saturated rings. The Morgan fingerprint density at radius 2 is 1.41 bits per heavy atom. The van der Waals surface area contributed by atoms with E-state index < -0.39 is 26.6 Å². The molecule has 0 aliphatic heterocycles. The Kier molecular flexibility index (Phi) is 13.8. The lowest BCUT2D eigenvalue weighted by Gasteiger charge is -2.35. The number of nitrogens with zero attached hydrogens (tertiary/aromatic N) is 2. The van der Waals surface area contributed by atoms with Gasteiger partial charge in [-0.3, -0.25) is 0 Å². The summed E-state index contributed by atoms with van der Waals surface area (Å²) in [6.45, 7) is 8.90. The van der Waals surface area contributed by atoms with Gasteiger partial charge in [0, 0.05) is 12.1 Å². The number of ether oxygens (including phenoxy) is 2. The van der Waals surface area contributed by atoms with E-state index in [0.29, 0.717) is 37.2 Å². The van der Waals surface area contributed by atoms with Gasteiger partial charge in [0.25, 0.3) is 8.53 Å². The highest BCUT2D eigenvalue weighted by Gasteiger charge is 2.27. The number of hydrogen-bond acceptors (Lipinski definition) is 8. The van der Waals surface area contributed by atoms with Crippen molar-refractivity contribution in [2.45, 2.75) is 65.1 Å². The van der Waals surface area contributed by atoms with Gasteiger partial charge in [-0.25, -0.2) is 14.3 Å². The first-order chi connectivity index (χ1) is 17.8. The minimum absolute atomic E-state index is 0.0656. The third kappa shape index (κ3) is 11.0. The van der Waals surface area contributed by atoms with Crippen LogP contribution in [0.15, 0.2) is 60.7 Å². The topological polar surface area (TPSA) is 98.1 Å². The van der Waals surface area contributed by atoms with E-state index >= 15 is 0 Å². The number of nitriles is 1.